The fraction of sp³-hybridized carbons (Fsp3) is 0.526. The molecule has 1 aromatic heterocycles. The molecular weight excluding hydrogens is 302 g/mol. The molecule has 1 aliphatic heterocycles. The summed E-state index contributed by atoms with van der Waals surface area (Å²) in [4.78, 5) is 2.37. The summed E-state index contributed by atoms with van der Waals surface area (Å²) in [6.07, 6.45) is 1.85. The third-order valence-corrected chi connectivity index (χ3v) is 4.62. The van der Waals surface area contributed by atoms with Crippen LogP contribution in [-0.2, 0) is 6.54 Å². The summed E-state index contributed by atoms with van der Waals surface area (Å²) in [7, 11) is 0. The number of para-hydroxylation sites is 1. The van der Waals surface area contributed by atoms with Crippen LogP contribution < -0.4 is 4.74 Å². The molecule has 1 fully saturated rings. The van der Waals surface area contributed by atoms with Gasteiger partial charge in [0, 0.05) is 18.3 Å². The van der Waals surface area contributed by atoms with Gasteiger partial charge in [0.25, 0.3) is 0 Å². The van der Waals surface area contributed by atoms with E-state index in [1.807, 2.05) is 37.3 Å². The van der Waals surface area contributed by atoms with E-state index in [2.05, 4.69) is 27.7 Å². The van der Waals surface area contributed by atoms with Crippen LogP contribution in [0.4, 0.5) is 0 Å². The van der Waals surface area contributed by atoms with Gasteiger partial charge in [-0.2, -0.15) is 5.10 Å². The van der Waals surface area contributed by atoms with E-state index in [1.54, 1.807) is 0 Å². The van der Waals surface area contributed by atoms with Crippen molar-refractivity contribution in [2.75, 3.05) is 19.7 Å². The average Bonchev–Trinajstić information content (AvgIpc) is 3.13. The Balaban J connectivity index is 1.50. The zero-order chi connectivity index (χ0) is 16.9. The Morgan fingerprint density at radius 1 is 1.29 bits per heavy atom. The Bertz CT molecular complexity index is 641. The Morgan fingerprint density at radius 3 is 2.79 bits per heavy atom. The number of hydrogen-bond acceptors (Lipinski definition) is 4. The average molecular weight is 329 g/mol. The maximum absolute atomic E-state index is 10.3. The van der Waals surface area contributed by atoms with E-state index < -0.39 is 6.10 Å². The lowest BCUT2D eigenvalue weighted by Gasteiger charge is -2.27. The topological polar surface area (TPSA) is 50.5 Å². The van der Waals surface area contributed by atoms with Crippen LogP contribution in [0.2, 0.25) is 0 Å². The summed E-state index contributed by atoms with van der Waals surface area (Å²) in [5.41, 5.74) is 2.26. The van der Waals surface area contributed by atoms with Crippen LogP contribution in [0.25, 0.3) is 0 Å². The fourth-order valence-electron chi connectivity index (χ4n) is 3.43. The molecule has 1 saturated heterocycles. The lowest BCUT2D eigenvalue weighted by atomic mass is 10.2. The summed E-state index contributed by atoms with van der Waals surface area (Å²) in [6.45, 7) is 7.03. The van der Waals surface area contributed by atoms with Crippen LogP contribution in [0, 0.1) is 13.8 Å². The molecule has 0 unspecified atom stereocenters. The predicted molar refractivity (Wildman–Crippen MR) is 94.2 cm³/mol. The highest BCUT2D eigenvalue weighted by Gasteiger charge is 2.27. The van der Waals surface area contributed by atoms with Gasteiger partial charge in [-0.05, 0) is 51.4 Å². The predicted octanol–water partition coefficient (Wildman–Crippen LogP) is 2.40. The maximum Gasteiger partial charge on any atom is 0.119 e. The van der Waals surface area contributed by atoms with Crippen molar-refractivity contribution in [2.45, 2.75) is 45.4 Å². The molecule has 3 rings (SSSR count). The molecule has 1 aromatic carbocycles. The van der Waals surface area contributed by atoms with Gasteiger partial charge in [-0.3, -0.25) is 9.58 Å². The molecule has 130 valence electrons. The van der Waals surface area contributed by atoms with Crippen LogP contribution in [0.15, 0.2) is 36.4 Å². The number of aliphatic hydroxyl groups excluding tert-OH is 1. The second-order valence-electron chi connectivity index (χ2n) is 6.68. The van der Waals surface area contributed by atoms with Crippen molar-refractivity contribution < 1.29 is 9.84 Å². The molecule has 0 amide bonds. The van der Waals surface area contributed by atoms with E-state index in [-0.39, 0.29) is 0 Å². The van der Waals surface area contributed by atoms with E-state index in [0.29, 0.717) is 19.2 Å². The molecule has 0 saturated carbocycles. The highest BCUT2D eigenvalue weighted by molar-refractivity contribution is 5.20. The quantitative estimate of drug-likeness (QED) is 0.847. The molecule has 0 spiro atoms. The molecule has 0 radical (unpaired) electrons. The molecule has 2 heterocycles. The Labute approximate surface area is 143 Å². The van der Waals surface area contributed by atoms with Crippen molar-refractivity contribution >= 4 is 0 Å². The fourth-order valence-corrected chi connectivity index (χ4v) is 3.43. The van der Waals surface area contributed by atoms with Gasteiger partial charge in [0.05, 0.1) is 12.2 Å². The van der Waals surface area contributed by atoms with Crippen LogP contribution in [0.5, 0.6) is 5.75 Å². The van der Waals surface area contributed by atoms with Crippen LogP contribution in [0.1, 0.15) is 24.2 Å². The zero-order valence-electron chi connectivity index (χ0n) is 14.6. The molecule has 5 heteroatoms. The number of aliphatic hydroxyl groups is 1. The third kappa shape index (κ3) is 4.36. The first kappa shape index (κ1) is 17.0. The molecule has 1 N–H and O–H groups in total. The largest absolute Gasteiger partial charge is 0.491 e. The van der Waals surface area contributed by atoms with Gasteiger partial charge in [-0.1, -0.05) is 18.2 Å². The van der Waals surface area contributed by atoms with Crippen molar-refractivity contribution in [3.63, 3.8) is 0 Å². The number of benzene rings is 1. The van der Waals surface area contributed by atoms with E-state index in [1.165, 1.54) is 12.1 Å². The summed E-state index contributed by atoms with van der Waals surface area (Å²) >= 11 is 0. The number of β-amino-alcohol motifs (C(OH)–C–C–N with tert-alkyl or cyclic N) is 1. The van der Waals surface area contributed by atoms with Crippen LogP contribution in [0.3, 0.4) is 0 Å². The van der Waals surface area contributed by atoms with E-state index >= 15 is 0 Å². The molecular formula is C19H27N3O2. The maximum atomic E-state index is 10.3. The summed E-state index contributed by atoms with van der Waals surface area (Å²) < 4.78 is 7.75. The number of hydrogen-bond donors (Lipinski definition) is 1. The number of nitrogens with zero attached hydrogens (tertiary/aromatic N) is 3. The standard InChI is InChI=1S/C19H27N3O2/c1-15-11-16(2)22(20-15)12-17-7-6-10-21(17)13-18(23)14-24-19-8-4-3-5-9-19/h3-5,8-9,11,17-18,23H,6-7,10,12-14H2,1-2H3/t17-,18+/m1/s1. The van der Waals surface area contributed by atoms with E-state index in [4.69, 9.17) is 4.74 Å². The van der Waals surface area contributed by atoms with Gasteiger partial charge in [0.1, 0.15) is 18.5 Å². The second-order valence-corrected chi connectivity index (χ2v) is 6.68. The molecule has 2 aromatic rings. The van der Waals surface area contributed by atoms with Gasteiger partial charge in [0.15, 0.2) is 0 Å². The van der Waals surface area contributed by atoms with Crippen molar-refractivity contribution in [3.05, 3.63) is 47.8 Å². The normalized spacial score (nSPS) is 19.5. The minimum absolute atomic E-state index is 0.327. The molecule has 1 aliphatic rings. The highest BCUT2D eigenvalue weighted by Crippen LogP contribution is 2.20. The van der Waals surface area contributed by atoms with Gasteiger partial charge < -0.3 is 9.84 Å². The van der Waals surface area contributed by atoms with Crippen molar-refractivity contribution in [2.24, 2.45) is 0 Å². The number of aryl methyl sites for hydroxylation is 2. The van der Waals surface area contributed by atoms with Crippen molar-refractivity contribution in [1.29, 1.82) is 0 Å². The first-order valence-electron chi connectivity index (χ1n) is 8.73. The van der Waals surface area contributed by atoms with Gasteiger partial charge >= 0.3 is 0 Å². The zero-order valence-corrected chi connectivity index (χ0v) is 14.6. The number of likely N-dealkylation sites (tertiary alicyclic amines) is 1. The molecule has 24 heavy (non-hydrogen) atoms. The minimum atomic E-state index is -0.480. The van der Waals surface area contributed by atoms with Gasteiger partial charge in [-0.15, -0.1) is 0 Å². The summed E-state index contributed by atoms with van der Waals surface area (Å²) in [6, 6.07) is 12.2. The van der Waals surface area contributed by atoms with Crippen LogP contribution in [-0.4, -0.2) is 51.6 Å². The summed E-state index contributed by atoms with van der Waals surface area (Å²) in [5, 5.41) is 14.9. The molecule has 5 nitrogen and oxygen atoms in total. The monoisotopic (exact) mass is 329 g/mol. The number of ether oxygens (including phenoxy) is 1. The Hall–Kier alpha value is -1.85. The highest BCUT2D eigenvalue weighted by atomic mass is 16.5. The van der Waals surface area contributed by atoms with Crippen LogP contribution >= 0.6 is 0 Å². The van der Waals surface area contributed by atoms with Gasteiger partial charge in [-0.25, -0.2) is 0 Å². The Morgan fingerprint density at radius 2 is 2.08 bits per heavy atom. The summed E-state index contributed by atoms with van der Waals surface area (Å²) in [5.74, 6) is 0.803. The molecule has 0 bridgehead atoms. The van der Waals surface area contributed by atoms with Gasteiger partial charge in [0.2, 0.25) is 0 Å². The number of rotatable bonds is 7. The minimum Gasteiger partial charge on any atom is -0.491 e. The second kappa shape index (κ2) is 7.81. The lowest BCUT2D eigenvalue weighted by molar-refractivity contribution is 0.0608. The van der Waals surface area contributed by atoms with E-state index in [0.717, 1.165) is 31.0 Å². The third-order valence-electron chi connectivity index (χ3n) is 4.62. The Kier molecular flexibility index (Phi) is 5.53. The van der Waals surface area contributed by atoms with E-state index in [9.17, 15) is 5.11 Å². The first-order valence-corrected chi connectivity index (χ1v) is 8.73. The molecule has 2 atom stereocenters. The first-order chi connectivity index (χ1) is 11.6. The smallest absolute Gasteiger partial charge is 0.119 e. The lowest BCUT2D eigenvalue weighted by Crippen LogP contribution is -2.40. The van der Waals surface area contributed by atoms with Crippen molar-refractivity contribution in [1.82, 2.24) is 14.7 Å². The van der Waals surface area contributed by atoms with Crippen molar-refractivity contribution in [3.8, 4) is 5.75 Å². The number of aromatic nitrogens is 2. The molecule has 0 aliphatic carbocycles. The SMILES string of the molecule is Cc1cc(C)n(C[C@H]2CCCN2C[C@H](O)COc2ccccc2)n1.